The number of hydrogen-bond donors (Lipinski definition) is 2. The molecule has 154 valence electrons. The predicted molar refractivity (Wildman–Crippen MR) is 121 cm³/mol. The van der Waals surface area contributed by atoms with Crippen LogP contribution in [0.3, 0.4) is 0 Å². The van der Waals surface area contributed by atoms with E-state index in [9.17, 15) is 0 Å². The second-order valence-electron chi connectivity index (χ2n) is 7.76. The number of piperidine rings is 1. The van der Waals surface area contributed by atoms with Gasteiger partial charge in [0.05, 0.1) is 13.2 Å². The fraction of sp³-hybridized carbons (Fsp3) is 0.947. The molecule has 2 aliphatic heterocycles. The fourth-order valence-electron chi connectivity index (χ4n) is 3.70. The quantitative estimate of drug-likeness (QED) is 0.315. The van der Waals surface area contributed by atoms with E-state index in [0.29, 0.717) is 5.92 Å². The standard InChI is InChI=1S/C19H39N5O.HI/c1-4-20-19(21-7-9-23-10-12-25-13-11-23)22-14-18-6-5-8-24(16-18)15-17(2)3;/h17-18H,4-16H2,1-3H3,(H2,20,21,22);1H. The zero-order chi connectivity index (χ0) is 17.9. The van der Waals surface area contributed by atoms with Crippen LogP contribution in [-0.4, -0.2) is 87.9 Å². The van der Waals surface area contributed by atoms with Gasteiger partial charge < -0.3 is 20.3 Å². The number of nitrogens with zero attached hydrogens (tertiary/aromatic N) is 3. The van der Waals surface area contributed by atoms with E-state index in [-0.39, 0.29) is 24.0 Å². The molecule has 2 N–H and O–H groups in total. The second-order valence-corrected chi connectivity index (χ2v) is 7.76. The molecule has 1 atom stereocenters. The molecule has 2 heterocycles. The first kappa shape index (κ1) is 23.9. The van der Waals surface area contributed by atoms with Gasteiger partial charge >= 0.3 is 0 Å². The minimum absolute atomic E-state index is 0. The molecular formula is C19H40IN5O. The molecular weight excluding hydrogens is 441 g/mol. The fourth-order valence-corrected chi connectivity index (χ4v) is 3.70. The lowest BCUT2D eigenvalue weighted by atomic mass is 9.97. The van der Waals surface area contributed by atoms with Crippen molar-refractivity contribution in [1.29, 1.82) is 0 Å². The van der Waals surface area contributed by atoms with Gasteiger partial charge in [0.2, 0.25) is 0 Å². The first-order chi connectivity index (χ1) is 12.2. The molecule has 0 bridgehead atoms. The van der Waals surface area contributed by atoms with Gasteiger partial charge in [0.1, 0.15) is 0 Å². The van der Waals surface area contributed by atoms with E-state index < -0.39 is 0 Å². The van der Waals surface area contributed by atoms with Gasteiger partial charge in [0.15, 0.2) is 5.96 Å². The average Bonchev–Trinajstić information content (AvgIpc) is 2.60. The number of likely N-dealkylation sites (tertiary alicyclic amines) is 1. The van der Waals surface area contributed by atoms with E-state index in [1.165, 1.54) is 32.5 Å². The van der Waals surface area contributed by atoms with Gasteiger partial charge in [-0.15, -0.1) is 24.0 Å². The number of nitrogens with one attached hydrogen (secondary N) is 2. The summed E-state index contributed by atoms with van der Waals surface area (Å²) in [7, 11) is 0. The SMILES string of the molecule is CCNC(=NCC1CCCN(CC(C)C)C1)NCCN1CCOCC1.I. The van der Waals surface area contributed by atoms with E-state index in [1.807, 2.05) is 0 Å². The van der Waals surface area contributed by atoms with Crippen molar-refractivity contribution in [3.8, 4) is 0 Å². The number of guanidine groups is 1. The highest BCUT2D eigenvalue weighted by Crippen LogP contribution is 2.17. The summed E-state index contributed by atoms with van der Waals surface area (Å²) in [4.78, 5) is 9.93. The third kappa shape index (κ3) is 9.71. The van der Waals surface area contributed by atoms with Crippen LogP contribution < -0.4 is 10.6 Å². The van der Waals surface area contributed by atoms with Gasteiger partial charge in [0, 0.05) is 52.4 Å². The van der Waals surface area contributed by atoms with Crippen molar-refractivity contribution < 1.29 is 4.74 Å². The van der Waals surface area contributed by atoms with Crippen LogP contribution in [0.25, 0.3) is 0 Å². The highest BCUT2D eigenvalue weighted by Gasteiger charge is 2.20. The van der Waals surface area contributed by atoms with Crippen molar-refractivity contribution in [2.75, 3.05) is 72.1 Å². The lowest BCUT2D eigenvalue weighted by Gasteiger charge is -2.33. The minimum atomic E-state index is 0. The van der Waals surface area contributed by atoms with Crippen LogP contribution >= 0.6 is 24.0 Å². The molecule has 0 aromatic heterocycles. The Hall–Kier alpha value is -0.120. The Morgan fingerprint density at radius 1 is 1.15 bits per heavy atom. The van der Waals surface area contributed by atoms with E-state index >= 15 is 0 Å². The van der Waals surface area contributed by atoms with Crippen LogP contribution in [0.5, 0.6) is 0 Å². The third-order valence-electron chi connectivity index (χ3n) is 4.90. The Labute approximate surface area is 177 Å². The first-order valence-corrected chi connectivity index (χ1v) is 10.2. The summed E-state index contributed by atoms with van der Waals surface area (Å²) in [6, 6.07) is 0. The molecule has 2 fully saturated rings. The van der Waals surface area contributed by atoms with Gasteiger partial charge in [0.25, 0.3) is 0 Å². The number of aliphatic imine (C=N–C) groups is 1. The third-order valence-corrected chi connectivity index (χ3v) is 4.90. The second kappa shape index (κ2) is 14.0. The van der Waals surface area contributed by atoms with Gasteiger partial charge in [-0.1, -0.05) is 13.8 Å². The predicted octanol–water partition coefficient (Wildman–Crippen LogP) is 1.86. The largest absolute Gasteiger partial charge is 0.379 e. The van der Waals surface area contributed by atoms with Crippen molar-refractivity contribution in [2.24, 2.45) is 16.8 Å². The van der Waals surface area contributed by atoms with E-state index in [2.05, 4.69) is 41.2 Å². The molecule has 0 aromatic carbocycles. The maximum Gasteiger partial charge on any atom is 0.191 e. The van der Waals surface area contributed by atoms with Crippen molar-refractivity contribution in [3.05, 3.63) is 0 Å². The lowest BCUT2D eigenvalue weighted by Crippen LogP contribution is -2.45. The topological polar surface area (TPSA) is 52.1 Å². The van der Waals surface area contributed by atoms with Crippen molar-refractivity contribution >= 4 is 29.9 Å². The van der Waals surface area contributed by atoms with Crippen LogP contribution in [0.4, 0.5) is 0 Å². The molecule has 6 nitrogen and oxygen atoms in total. The number of hydrogen-bond acceptors (Lipinski definition) is 4. The number of rotatable bonds is 8. The molecule has 0 aliphatic carbocycles. The zero-order valence-corrected chi connectivity index (χ0v) is 19.3. The minimum Gasteiger partial charge on any atom is -0.379 e. The molecule has 0 spiro atoms. The maximum atomic E-state index is 5.40. The number of halogens is 1. The summed E-state index contributed by atoms with van der Waals surface area (Å²) in [5, 5.41) is 6.88. The lowest BCUT2D eigenvalue weighted by molar-refractivity contribution is 0.0389. The Morgan fingerprint density at radius 2 is 1.92 bits per heavy atom. The summed E-state index contributed by atoms with van der Waals surface area (Å²) >= 11 is 0. The summed E-state index contributed by atoms with van der Waals surface area (Å²) in [6.07, 6.45) is 2.62. The van der Waals surface area contributed by atoms with E-state index in [1.54, 1.807) is 0 Å². The average molecular weight is 481 g/mol. The summed E-state index contributed by atoms with van der Waals surface area (Å²) in [5.74, 6) is 2.42. The van der Waals surface area contributed by atoms with Crippen molar-refractivity contribution in [3.63, 3.8) is 0 Å². The van der Waals surface area contributed by atoms with Crippen molar-refractivity contribution in [1.82, 2.24) is 20.4 Å². The monoisotopic (exact) mass is 481 g/mol. The highest BCUT2D eigenvalue weighted by molar-refractivity contribution is 14.0. The van der Waals surface area contributed by atoms with Crippen LogP contribution in [-0.2, 0) is 4.74 Å². The van der Waals surface area contributed by atoms with Gasteiger partial charge in [-0.2, -0.15) is 0 Å². The van der Waals surface area contributed by atoms with Crippen LogP contribution in [0.2, 0.25) is 0 Å². The molecule has 7 heteroatoms. The first-order valence-electron chi connectivity index (χ1n) is 10.2. The normalized spacial score (nSPS) is 22.9. The molecule has 2 aliphatic rings. The molecule has 0 radical (unpaired) electrons. The summed E-state index contributed by atoms with van der Waals surface area (Å²) < 4.78 is 5.40. The Morgan fingerprint density at radius 3 is 2.62 bits per heavy atom. The molecule has 0 saturated carbocycles. The summed E-state index contributed by atoms with van der Waals surface area (Å²) in [6.45, 7) is 18.1. The van der Waals surface area contributed by atoms with Crippen LogP contribution in [0.1, 0.15) is 33.6 Å². The smallest absolute Gasteiger partial charge is 0.191 e. The van der Waals surface area contributed by atoms with Gasteiger partial charge in [-0.25, -0.2) is 0 Å². The Balaban J connectivity index is 0.00000338. The molecule has 0 aromatic rings. The van der Waals surface area contributed by atoms with Gasteiger partial charge in [-0.3, -0.25) is 9.89 Å². The van der Waals surface area contributed by atoms with Crippen LogP contribution in [0.15, 0.2) is 4.99 Å². The molecule has 26 heavy (non-hydrogen) atoms. The highest BCUT2D eigenvalue weighted by atomic mass is 127. The molecule has 1 unspecified atom stereocenters. The number of morpholine rings is 1. The van der Waals surface area contributed by atoms with Crippen LogP contribution in [0, 0.1) is 11.8 Å². The van der Waals surface area contributed by atoms with E-state index in [0.717, 1.165) is 64.4 Å². The Kier molecular flexibility index (Phi) is 12.8. The number of ether oxygens (including phenoxy) is 1. The zero-order valence-electron chi connectivity index (χ0n) is 17.0. The van der Waals surface area contributed by atoms with Gasteiger partial charge in [-0.05, 0) is 38.1 Å². The molecule has 0 amide bonds. The van der Waals surface area contributed by atoms with Crippen molar-refractivity contribution in [2.45, 2.75) is 33.6 Å². The summed E-state index contributed by atoms with van der Waals surface area (Å²) in [5.41, 5.74) is 0. The molecule has 2 saturated heterocycles. The Bertz CT molecular complexity index is 388. The maximum absolute atomic E-state index is 5.40. The van der Waals surface area contributed by atoms with E-state index in [4.69, 9.17) is 9.73 Å². The molecule has 2 rings (SSSR count).